The monoisotopic (exact) mass is 267 g/mol. The van der Waals surface area contributed by atoms with Crippen molar-refractivity contribution in [2.24, 2.45) is 34.7 Å². The van der Waals surface area contributed by atoms with Crippen LogP contribution in [0.4, 0.5) is 0 Å². The lowest BCUT2D eigenvalue weighted by Gasteiger charge is -2.31. The van der Waals surface area contributed by atoms with E-state index in [2.05, 4.69) is 20.8 Å². The average molecular weight is 267 g/mol. The summed E-state index contributed by atoms with van der Waals surface area (Å²) < 4.78 is 0. The van der Waals surface area contributed by atoms with Crippen molar-refractivity contribution >= 4 is 0 Å². The molecule has 0 aromatic heterocycles. The van der Waals surface area contributed by atoms with E-state index >= 15 is 0 Å². The number of rotatable bonds is 3. The largest absolute Gasteiger partial charge is 0.401 e. The molecule has 4 heteroatoms. The maximum atomic E-state index is 9.33. The molecule has 2 aliphatic rings. The standard InChI is InChI=1S/C15H29N3O/c1-15(2,3)9-18(17)14-7-5-11-10(12(11)8-19)4-6-13(14)16/h10-12,19H,4-9,16-17H2,1-3H3/b14-13-/t10?,11?,12-/m0/s1. The highest BCUT2D eigenvalue weighted by molar-refractivity contribution is 5.14. The van der Waals surface area contributed by atoms with Crippen LogP contribution in [0.2, 0.25) is 0 Å². The second-order valence-electron chi connectivity index (χ2n) is 7.41. The molecule has 0 radical (unpaired) electrons. The summed E-state index contributed by atoms with van der Waals surface area (Å²) >= 11 is 0. The molecule has 3 atom stereocenters. The van der Waals surface area contributed by atoms with Gasteiger partial charge in [0.2, 0.25) is 0 Å². The molecule has 2 unspecified atom stereocenters. The van der Waals surface area contributed by atoms with Crippen molar-refractivity contribution in [3.63, 3.8) is 0 Å². The van der Waals surface area contributed by atoms with E-state index in [0.29, 0.717) is 24.4 Å². The first kappa shape index (κ1) is 14.7. The van der Waals surface area contributed by atoms with Crippen LogP contribution in [-0.2, 0) is 0 Å². The molecule has 0 aromatic carbocycles. The molecule has 0 saturated heterocycles. The quantitative estimate of drug-likeness (QED) is 0.538. The van der Waals surface area contributed by atoms with Crippen molar-refractivity contribution in [3.8, 4) is 0 Å². The number of aliphatic hydroxyl groups excluding tert-OH is 1. The van der Waals surface area contributed by atoms with E-state index in [4.69, 9.17) is 11.6 Å². The number of hydrazine groups is 1. The van der Waals surface area contributed by atoms with Gasteiger partial charge in [-0.15, -0.1) is 0 Å². The summed E-state index contributed by atoms with van der Waals surface area (Å²) in [5.74, 6) is 8.12. The van der Waals surface area contributed by atoms with Crippen LogP contribution in [0.15, 0.2) is 11.4 Å². The summed E-state index contributed by atoms with van der Waals surface area (Å²) in [5, 5.41) is 11.2. The maximum absolute atomic E-state index is 9.33. The van der Waals surface area contributed by atoms with Gasteiger partial charge in [0.1, 0.15) is 0 Å². The van der Waals surface area contributed by atoms with Gasteiger partial charge in [-0.05, 0) is 48.9 Å². The molecule has 0 amide bonds. The summed E-state index contributed by atoms with van der Waals surface area (Å²) in [5.41, 5.74) is 8.47. The Bertz CT molecular complexity index is 359. The highest BCUT2D eigenvalue weighted by Gasteiger charge is 2.48. The Morgan fingerprint density at radius 1 is 1.21 bits per heavy atom. The Balaban J connectivity index is 2.01. The van der Waals surface area contributed by atoms with Crippen molar-refractivity contribution in [3.05, 3.63) is 11.4 Å². The lowest BCUT2D eigenvalue weighted by Crippen LogP contribution is -2.39. The summed E-state index contributed by atoms with van der Waals surface area (Å²) in [6, 6.07) is 0. The third-order valence-electron chi connectivity index (χ3n) is 4.54. The third-order valence-corrected chi connectivity index (χ3v) is 4.54. The maximum Gasteiger partial charge on any atom is 0.0478 e. The van der Waals surface area contributed by atoms with E-state index in [1.165, 1.54) is 0 Å². The highest BCUT2D eigenvalue weighted by atomic mass is 16.3. The fourth-order valence-corrected chi connectivity index (χ4v) is 3.52. The van der Waals surface area contributed by atoms with Gasteiger partial charge in [0.25, 0.3) is 0 Å². The molecule has 5 N–H and O–H groups in total. The summed E-state index contributed by atoms with van der Waals surface area (Å²) in [6.07, 6.45) is 4.10. The van der Waals surface area contributed by atoms with E-state index in [0.717, 1.165) is 43.6 Å². The topological polar surface area (TPSA) is 75.5 Å². The van der Waals surface area contributed by atoms with Gasteiger partial charge in [0.05, 0.1) is 0 Å². The number of allylic oxidation sites excluding steroid dienone is 2. The molecule has 0 spiro atoms. The van der Waals surface area contributed by atoms with Gasteiger partial charge in [0.15, 0.2) is 0 Å². The average Bonchev–Trinajstić information content (AvgIpc) is 2.93. The Morgan fingerprint density at radius 2 is 1.79 bits per heavy atom. The molecule has 19 heavy (non-hydrogen) atoms. The molecule has 2 aliphatic carbocycles. The molecule has 0 heterocycles. The lowest BCUT2D eigenvalue weighted by molar-refractivity contribution is 0.226. The zero-order valence-corrected chi connectivity index (χ0v) is 12.5. The number of nitrogens with two attached hydrogens (primary N) is 2. The van der Waals surface area contributed by atoms with E-state index < -0.39 is 0 Å². The van der Waals surface area contributed by atoms with Crippen LogP contribution in [0.5, 0.6) is 0 Å². The number of aliphatic hydroxyl groups is 1. The van der Waals surface area contributed by atoms with Crippen LogP contribution >= 0.6 is 0 Å². The second kappa shape index (κ2) is 5.33. The van der Waals surface area contributed by atoms with Gasteiger partial charge < -0.3 is 15.8 Å². The molecular formula is C15H29N3O. The van der Waals surface area contributed by atoms with Crippen LogP contribution < -0.4 is 11.6 Å². The smallest absolute Gasteiger partial charge is 0.0478 e. The van der Waals surface area contributed by atoms with Crippen LogP contribution in [-0.4, -0.2) is 23.3 Å². The fraction of sp³-hybridized carbons (Fsp3) is 0.867. The van der Waals surface area contributed by atoms with E-state index in [9.17, 15) is 5.11 Å². The first-order valence-corrected chi connectivity index (χ1v) is 7.44. The predicted molar refractivity (Wildman–Crippen MR) is 77.6 cm³/mol. The lowest BCUT2D eigenvalue weighted by atomic mass is 9.95. The minimum atomic E-state index is 0.167. The van der Waals surface area contributed by atoms with Gasteiger partial charge in [0, 0.05) is 24.5 Å². The SMILES string of the molecule is CC(C)(C)CN(N)/C1=C(\N)CCC2C(CC1)[C@H]2CO. The minimum absolute atomic E-state index is 0.167. The van der Waals surface area contributed by atoms with Gasteiger partial charge in [-0.3, -0.25) is 0 Å². The Morgan fingerprint density at radius 3 is 2.32 bits per heavy atom. The minimum Gasteiger partial charge on any atom is -0.401 e. The molecule has 0 bridgehead atoms. The van der Waals surface area contributed by atoms with Crippen molar-refractivity contribution in [2.45, 2.75) is 46.5 Å². The first-order valence-electron chi connectivity index (χ1n) is 7.44. The van der Waals surface area contributed by atoms with Gasteiger partial charge in [-0.1, -0.05) is 20.8 Å². The van der Waals surface area contributed by atoms with Crippen molar-refractivity contribution in [2.75, 3.05) is 13.2 Å². The zero-order chi connectivity index (χ0) is 14.2. The van der Waals surface area contributed by atoms with Crippen LogP contribution in [0, 0.1) is 23.2 Å². The molecule has 0 aliphatic heterocycles. The van der Waals surface area contributed by atoms with Crippen LogP contribution in [0.1, 0.15) is 46.5 Å². The summed E-state index contributed by atoms with van der Waals surface area (Å²) in [4.78, 5) is 0. The number of hydrogen-bond acceptors (Lipinski definition) is 4. The zero-order valence-electron chi connectivity index (χ0n) is 12.5. The third kappa shape index (κ3) is 3.42. The number of nitrogens with zero attached hydrogens (tertiary/aromatic N) is 1. The van der Waals surface area contributed by atoms with Gasteiger partial charge in [-0.25, -0.2) is 5.84 Å². The molecule has 1 saturated carbocycles. The van der Waals surface area contributed by atoms with Crippen LogP contribution in [0.25, 0.3) is 0 Å². The van der Waals surface area contributed by atoms with Crippen molar-refractivity contribution in [1.29, 1.82) is 0 Å². The van der Waals surface area contributed by atoms with Crippen LogP contribution in [0.3, 0.4) is 0 Å². The molecule has 110 valence electrons. The van der Waals surface area contributed by atoms with Gasteiger partial charge >= 0.3 is 0 Å². The van der Waals surface area contributed by atoms with Crippen molar-refractivity contribution in [1.82, 2.24) is 5.01 Å². The molecule has 2 rings (SSSR count). The highest BCUT2D eigenvalue weighted by Crippen LogP contribution is 2.53. The number of fused-ring (bicyclic) bond motifs is 1. The first-order chi connectivity index (χ1) is 8.83. The predicted octanol–water partition coefficient (Wildman–Crippen LogP) is 1.81. The normalized spacial score (nSPS) is 35.3. The summed E-state index contributed by atoms with van der Waals surface area (Å²) in [6.45, 7) is 7.71. The molecule has 0 aromatic rings. The Hall–Kier alpha value is -0.740. The Kier molecular flexibility index (Phi) is 4.11. The molecular weight excluding hydrogens is 238 g/mol. The molecule has 1 fully saturated rings. The van der Waals surface area contributed by atoms with E-state index in [-0.39, 0.29) is 5.41 Å². The van der Waals surface area contributed by atoms with E-state index in [1.807, 2.05) is 5.01 Å². The van der Waals surface area contributed by atoms with E-state index in [1.54, 1.807) is 0 Å². The Labute approximate surface area is 116 Å². The fourth-order valence-electron chi connectivity index (χ4n) is 3.52. The second-order valence-corrected chi connectivity index (χ2v) is 7.41. The number of hydrogen-bond donors (Lipinski definition) is 3. The summed E-state index contributed by atoms with van der Waals surface area (Å²) in [7, 11) is 0. The van der Waals surface area contributed by atoms with Gasteiger partial charge in [-0.2, -0.15) is 0 Å². The molecule has 4 nitrogen and oxygen atoms in total. The van der Waals surface area contributed by atoms with Crippen molar-refractivity contribution < 1.29 is 5.11 Å².